The van der Waals surface area contributed by atoms with Gasteiger partial charge in [-0.15, -0.1) is 0 Å². The minimum absolute atomic E-state index is 0.409. The van der Waals surface area contributed by atoms with Crippen LogP contribution in [0, 0.1) is 0 Å². The molecule has 6 heteroatoms. The molecule has 1 aromatic rings. The van der Waals surface area contributed by atoms with E-state index < -0.39 is 24.3 Å². The van der Waals surface area contributed by atoms with Gasteiger partial charge >= 0.3 is 5.97 Å². The normalized spacial score (nSPS) is 14.6. The van der Waals surface area contributed by atoms with Gasteiger partial charge in [-0.3, -0.25) is 10.1 Å². The number of carbonyl (C=O) groups is 1. The van der Waals surface area contributed by atoms with Crippen molar-refractivity contribution in [2.24, 2.45) is 5.73 Å². The fraction of sp³-hybridized carbons (Fsp3) is 0.650. The van der Waals surface area contributed by atoms with Gasteiger partial charge in [0.05, 0.1) is 0 Å². The Bertz CT molecular complexity index is 487. The average Bonchev–Trinajstić information content (AvgIpc) is 2.64. The molecular weight excluding hydrogens is 333 g/mol. The topological polar surface area (TPSA) is 87.4 Å². The fourth-order valence-electron chi connectivity index (χ4n) is 2.87. The standard InChI is InChI=1S/C20H34FN3O2/c1-2-3-4-8-13-17(21)19(23-16-11-6-5-7-12-16)24-18(20(25)26)14-9-10-15-22/h5-7,11-12,17-19,23-24H,2-4,8-10,13-15,22H2,1H3,(H,25,26)/t17?,18-,19?/m0/s1. The monoisotopic (exact) mass is 367 g/mol. The van der Waals surface area contributed by atoms with Gasteiger partial charge < -0.3 is 16.2 Å². The van der Waals surface area contributed by atoms with E-state index in [1.54, 1.807) is 0 Å². The van der Waals surface area contributed by atoms with Crippen LogP contribution in [0.25, 0.3) is 0 Å². The molecule has 0 aliphatic heterocycles. The lowest BCUT2D eigenvalue weighted by molar-refractivity contribution is -0.140. The molecule has 0 radical (unpaired) electrons. The Kier molecular flexibility index (Phi) is 11.6. The second-order valence-corrected chi connectivity index (χ2v) is 6.70. The minimum Gasteiger partial charge on any atom is -0.480 e. The molecule has 1 rings (SSSR count). The van der Waals surface area contributed by atoms with Gasteiger partial charge in [-0.25, -0.2) is 4.39 Å². The molecule has 0 aromatic heterocycles. The van der Waals surface area contributed by atoms with Crippen molar-refractivity contribution in [3.63, 3.8) is 0 Å². The van der Waals surface area contributed by atoms with E-state index in [2.05, 4.69) is 17.6 Å². The van der Waals surface area contributed by atoms with Gasteiger partial charge in [0.15, 0.2) is 0 Å². The molecule has 148 valence electrons. The molecule has 0 amide bonds. The van der Waals surface area contributed by atoms with E-state index in [1.165, 1.54) is 0 Å². The van der Waals surface area contributed by atoms with Gasteiger partial charge in [-0.1, -0.05) is 57.2 Å². The molecule has 2 unspecified atom stereocenters. The summed E-state index contributed by atoms with van der Waals surface area (Å²) in [4.78, 5) is 11.6. The average molecular weight is 368 g/mol. The quantitative estimate of drug-likeness (QED) is 0.279. The summed E-state index contributed by atoms with van der Waals surface area (Å²) in [5.74, 6) is -0.958. The van der Waals surface area contributed by atoms with Crippen LogP contribution >= 0.6 is 0 Å². The number of carboxylic acid groups (broad SMARTS) is 1. The first-order valence-corrected chi connectivity index (χ1v) is 9.73. The number of hydrogen-bond acceptors (Lipinski definition) is 4. The number of aliphatic carboxylic acids is 1. The van der Waals surface area contributed by atoms with E-state index in [1.807, 2.05) is 30.3 Å². The van der Waals surface area contributed by atoms with E-state index >= 15 is 0 Å². The van der Waals surface area contributed by atoms with Crippen molar-refractivity contribution < 1.29 is 14.3 Å². The Morgan fingerprint density at radius 2 is 1.81 bits per heavy atom. The number of halogens is 1. The molecule has 0 aliphatic rings. The van der Waals surface area contributed by atoms with Crippen molar-refractivity contribution in [3.05, 3.63) is 30.3 Å². The second-order valence-electron chi connectivity index (χ2n) is 6.70. The lowest BCUT2D eigenvalue weighted by atomic mass is 10.1. The van der Waals surface area contributed by atoms with Crippen LogP contribution in [-0.2, 0) is 4.79 Å². The molecule has 0 heterocycles. The van der Waals surface area contributed by atoms with Crippen LogP contribution in [0.3, 0.4) is 0 Å². The third kappa shape index (κ3) is 9.15. The number of anilines is 1. The van der Waals surface area contributed by atoms with Crippen molar-refractivity contribution in [1.82, 2.24) is 5.32 Å². The van der Waals surface area contributed by atoms with Crippen LogP contribution in [0.5, 0.6) is 0 Å². The highest BCUT2D eigenvalue weighted by atomic mass is 19.1. The molecule has 26 heavy (non-hydrogen) atoms. The summed E-state index contributed by atoms with van der Waals surface area (Å²) in [7, 11) is 0. The van der Waals surface area contributed by atoms with E-state index in [0.717, 1.165) is 37.8 Å². The first-order valence-electron chi connectivity index (χ1n) is 9.73. The van der Waals surface area contributed by atoms with Crippen molar-refractivity contribution in [2.75, 3.05) is 11.9 Å². The number of carboxylic acids is 1. The van der Waals surface area contributed by atoms with Gasteiger partial charge in [0.2, 0.25) is 0 Å². The van der Waals surface area contributed by atoms with Crippen LogP contribution in [0.1, 0.15) is 58.3 Å². The summed E-state index contributed by atoms with van der Waals surface area (Å²) < 4.78 is 14.9. The number of para-hydroxylation sites is 1. The Balaban J connectivity index is 2.72. The third-order valence-corrected chi connectivity index (χ3v) is 4.42. The number of nitrogens with one attached hydrogen (secondary N) is 2. The van der Waals surface area contributed by atoms with Gasteiger partial charge in [0.1, 0.15) is 18.4 Å². The van der Waals surface area contributed by atoms with Crippen LogP contribution < -0.4 is 16.4 Å². The first-order chi connectivity index (χ1) is 12.6. The molecule has 0 bridgehead atoms. The predicted molar refractivity (Wildman–Crippen MR) is 105 cm³/mol. The lowest BCUT2D eigenvalue weighted by Crippen LogP contribution is -2.51. The highest BCUT2D eigenvalue weighted by Gasteiger charge is 2.27. The van der Waals surface area contributed by atoms with E-state index in [-0.39, 0.29) is 0 Å². The number of hydrogen-bond donors (Lipinski definition) is 4. The molecular formula is C20H34FN3O2. The maximum Gasteiger partial charge on any atom is 0.320 e. The van der Waals surface area contributed by atoms with Crippen LogP contribution in [0.2, 0.25) is 0 Å². The van der Waals surface area contributed by atoms with Gasteiger partial charge in [0, 0.05) is 5.69 Å². The number of alkyl halides is 1. The van der Waals surface area contributed by atoms with Crippen LogP contribution in [-0.4, -0.2) is 36.0 Å². The zero-order valence-corrected chi connectivity index (χ0v) is 15.8. The van der Waals surface area contributed by atoms with Gasteiger partial charge in [0.25, 0.3) is 0 Å². The summed E-state index contributed by atoms with van der Waals surface area (Å²) >= 11 is 0. The summed E-state index contributed by atoms with van der Waals surface area (Å²) in [6, 6.07) is 8.52. The maximum absolute atomic E-state index is 14.9. The lowest BCUT2D eigenvalue weighted by Gasteiger charge is -2.28. The molecule has 5 N–H and O–H groups in total. The number of rotatable bonds is 15. The molecule has 3 atom stereocenters. The SMILES string of the molecule is CCCCCCC(F)C(Nc1ccccc1)N[C@@H](CCCCN)C(=O)O. The van der Waals surface area contributed by atoms with E-state index in [0.29, 0.717) is 25.8 Å². The molecule has 1 aromatic carbocycles. The highest BCUT2D eigenvalue weighted by molar-refractivity contribution is 5.73. The summed E-state index contributed by atoms with van der Waals surface area (Å²) in [6.07, 6.45) is 4.39. The third-order valence-electron chi connectivity index (χ3n) is 4.42. The smallest absolute Gasteiger partial charge is 0.320 e. The zero-order chi connectivity index (χ0) is 19.2. The molecule has 0 saturated heterocycles. The number of nitrogens with two attached hydrogens (primary N) is 1. The zero-order valence-electron chi connectivity index (χ0n) is 15.8. The predicted octanol–water partition coefficient (Wildman–Crippen LogP) is 3.90. The van der Waals surface area contributed by atoms with Crippen LogP contribution in [0.15, 0.2) is 30.3 Å². The largest absolute Gasteiger partial charge is 0.480 e. The van der Waals surface area contributed by atoms with Crippen molar-refractivity contribution in [2.45, 2.75) is 76.7 Å². The van der Waals surface area contributed by atoms with Crippen molar-refractivity contribution in [1.29, 1.82) is 0 Å². The molecule has 5 nitrogen and oxygen atoms in total. The summed E-state index contributed by atoms with van der Waals surface area (Å²) in [5, 5.41) is 15.6. The van der Waals surface area contributed by atoms with E-state index in [4.69, 9.17) is 5.73 Å². The van der Waals surface area contributed by atoms with Crippen molar-refractivity contribution in [3.8, 4) is 0 Å². The molecule has 0 fully saturated rings. The maximum atomic E-state index is 14.9. The highest BCUT2D eigenvalue weighted by Crippen LogP contribution is 2.16. The molecule has 0 spiro atoms. The van der Waals surface area contributed by atoms with Crippen LogP contribution in [0.4, 0.5) is 10.1 Å². The van der Waals surface area contributed by atoms with Crippen molar-refractivity contribution >= 4 is 11.7 Å². The van der Waals surface area contributed by atoms with Gasteiger partial charge in [-0.2, -0.15) is 0 Å². The Morgan fingerprint density at radius 3 is 2.42 bits per heavy atom. The molecule has 0 aliphatic carbocycles. The summed E-state index contributed by atoms with van der Waals surface area (Å²) in [6.45, 7) is 2.65. The van der Waals surface area contributed by atoms with E-state index in [9.17, 15) is 14.3 Å². The first kappa shape index (κ1) is 22.4. The Hall–Kier alpha value is -1.66. The Labute approximate surface area is 156 Å². The fourth-order valence-corrected chi connectivity index (χ4v) is 2.87. The number of benzene rings is 1. The minimum atomic E-state index is -1.16. The van der Waals surface area contributed by atoms with Gasteiger partial charge in [-0.05, 0) is 37.9 Å². The molecule has 0 saturated carbocycles. The Morgan fingerprint density at radius 1 is 1.12 bits per heavy atom. The summed E-state index contributed by atoms with van der Waals surface area (Å²) in [5.41, 5.74) is 6.25. The second kappa shape index (κ2) is 13.5. The number of unbranched alkanes of at least 4 members (excludes halogenated alkanes) is 4.